The number of nitrogens with zero attached hydrogens (tertiary/aromatic N) is 1. The molecule has 0 fully saturated rings. The third kappa shape index (κ3) is 1.55. The van der Waals surface area contributed by atoms with Gasteiger partial charge in [0.05, 0.1) is 17.1 Å². The van der Waals surface area contributed by atoms with Crippen LogP contribution in [0.2, 0.25) is 0 Å². The Morgan fingerprint density at radius 1 is 0.909 bits per heavy atom. The van der Waals surface area contributed by atoms with E-state index in [0.717, 1.165) is 6.42 Å². The molecule has 5 rings (SSSR count). The fourth-order valence-electron chi connectivity index (χ4n) is 3.62. The molecule has 1 unspecified atom stereocenters. The van der Waals surface area contributed by atoms with Crippen molar-refractivity contribution in [2.24, 2.45) is 0 Å². The van der Waals surface area contributed by atoms with E-state index in [2.05, 4.69) is 82.5 Å². The van der Waals surface area contributed by atoms with E-state index in [4.69, 9.17) is 0 Å². The summed E-state index contributed by atoms with van der Waals surface area (Å²) in [6.45, 7) is 0. The lowest BCUT2D eigenvalue weighted by Gasteiger charge is -2.16. The molecule has 0 radical (unpaired) electrons. The smallest absolute Gasteiger partial charge is 0.0560 e. The summed E-state index contributed by atoms with van der Waals surface area (Å²) in [7, 11) is 0. The molecule has 1 N–H and O–H groups in total. The van der Waals surface area contributed by atoms with Crippen LogP contribution in [0.25, 0.3) is 32.7 Å². The van der Waals surface area contributed by atoms with Gasteiger partial charge in [0.25, 0.3) is 0 Å². The Hall–Kier alpha value is -2.74. The lowest BCUT2D eigenvalue weighted by molar-refractivity contribution is 0.629. The van der Waals surface area contributed by atoms with Gasteiger partial charge in [0.2, 0.25) is 0 Å². The van der Waals surface area contributed by atoms with E-state index in [9.17, 15) is 0 Å². The largest absolute Gasteiger partial charge is 0.354 e. The van der Waals surface area contributed by atoms with Crippen LogP contribution in [0.15, 0.2) is 73.0 Å². The number of allylic oxidation sites excluding steroid dienone is 4. The molecule has 2 heteroatoms. The van der Waals surface area contributed by atoms with E-state index in [1.807, 2.05) is 0 Å². The van der Waals surface area contributed by atoms with Gasteiger partial charge in [-0.25, -0.2) is 0 Å². The Morgan fingerprint density at radius 2 is 1.86 bits per heavy atom. The summed E-state index contributed by atoms with van der Waals surface area (Å²) in [5.74, 6) is 0. The standard InChI is InChI=1S/C20H16N2/c1-2-6-14(7-3-1)22-13-12-17-19(22)11-10-16-15-8-4-5-9-18(15)21-20(16)17/h1-6,8-14,21H,7H2. The van der Waals surface area contributed by atoms with Crippen LogP contribution in [0.4, 0.5) is 0 Å². The average molecular weight is 284 g/mol. The third-order valence-electron chi connectivity index (χ3n) is 4.69. The topological polar surface area (TPSA) is 20.7 Å². The van der Waals surface area contributed by atoms with Crippen molar-refractivity contribution in [3.63, 3.8) is 0 Å². The number of aromatic nitrogens is 2. The summed E-state index contributed by atoms with van der Waals surface area (Å²) in [5.41, 5.74) is 3.75. The first kappa shape index (κ1) is 11.9. The molecule has 106 valence electrons. The number of para-hydroxylation sites is 1. The molecule has 2 heterocycles. The second-order valence-electron chi connectivity index (χ2n) is 5.93. The summed E-state index contributed by atoms with van der Waals surface area (Å²) in [5, 5.41) is 3.91. The summed E-state index contributed by atoms with van der Waals surface area (Å²) in [4.78, 5) is 3.59. The lowest BCUT2D eigenvalue weighted by Crippen LogP contribution is -2.05. The predicted molar refractivity (Wildman–Crippen MR) is 93.2 cm³/mol. The number of H-pyrrole nitrogens is 1. The van der Waals surface area contributed by atoms with Crippen LogP contribution >= 0.6 is 0 Å². The molecule has 1 aliphatic rings. The zero-order chi connectivity index (χ0) is 14.5. The number of hydrogen-bond acceptors (Lipinski definition) is 0. The van der Waals surface area contributed by atoms with Crippen molar-refractivity contribution < 1.29 is 0 Å². The second-order valence-corrected chi connectivity index (χ2v) is 5.93. The van der Waals surface area contributed by atoms with Crippen molar-refractivity contribution in [3.8, 4) is 0 Å². The Morgan fingerprint density at radius 3 is 2.77 bits per heavy atom. The monoisotopic (exact) mass is 284 g/mol. The second kappa shape index (κ2) is 4.38. The number of fused-ring (bicyclic) bond motifs is 5. The number of benzene rings is 2. The van der Waals surface area contributed by atoms with Crippen molar-refractivity contribution in [3.05, 3.63) is 73.0 Å². The zero-order valence-corrected chi connectivity index (χ0v) is 12.2. The van der Waals surface area contributed by atoms with Crippen molar-refractivity contribution in [2.75, 3.05) is 0 Å². The van der Waals surface area contributed by atoms with Crippen LogP contribution in [-0.2, 0) is 0 Å². The van der Waals surface area contributed by atoms with Gasteiger partial charge >= 0.3 is 0 Å². The van der Waals surface area contributed by atoms with Gasteiger partial charge in [-0.3, -0.25) is 0 Å². The number of rotatable bonds is 1. The van der Waals surface area contributed by atoms with Gasteiger partial charge in [-0.2, -0.15) is 0 Å². The highest BCUT2D eigenvalue weighted by molar-refractivity contribution is 6.16. The number of hydrogen-bond donors (Lipinski definition) is 1. The van der Waals surface area contributed by atoms with Crippen LogP contribution in [0.1, 0.15) is 12.5 Å². The van der Waals surface area contributed by atoms with Crippen LogP contribution < -0.4 is 0 Å². The Balaban J connectivity index is 1.81. The fraction of sp³-hybridized carbons (Fsp3) is 0.100. The summed E-state index contributed by atoms with van der Waals surface area (Å²) >= 11 is 0. The van der Waals surface area contributed by atoms with Gasteiger partial charge in [0, 0.05) is 27.9 Å². The first-order valence-electron chi connectivity index (χ1n) is 7.75. The van der Waals surface area contributed by atoms with Crippen molar-refractivity contribution in [1.29, 1.82) is 0 Å². The molecule has 0 aliphatic heterocycles. The number of aromatic amines is 1. The minimum Gasteiger partial charge on any atom is -0.354 e. The molecule has 1 aliphatic carbocycles. The molecular weight excluding hydrogens is 268 g/mol. The molecule has 0 spiro atoms. The zero-order valence-electron chi connectivity index (χ0n) is 12.2. The maximum Gasteiger partial charge on any atom is 0.0560 e. The molecule has 4 aromatic rings. The van der Waals surface area contributed by atoms with Gasteiger partial charge in [-0.05, 0) is 24.6 Å². The molecular formula is C20H16N2. The normalized spacial score (nSPS) is 17.9. The van der Waals surface area contributed by atoms with Gasteiger partial charge in [0.1, 0.15) is 0 Å². The molecule has 0 bridgehead atoms. The fourth-order valence-corrected chi connectivity index (χ4v) is 3.62. The van der Waals surface area contributed by atoms with Crippen molar-refractivity contribution in [1.82, 2.24) is 9.55 Å². The quantitative estimate of drug-likeness (QED) is 0.487. The lowest BCUT2D eigenvalue weighted by atomic mass is 10.1. The van der Waals surface area contributed by atoms with E-state index < -0.39 is 0 Å². The highest BCUT2D eigenvalue weighted by Crippen LogP contribution is 2.33. The minimum absolute atomic E-state index is 0.421. The number of nitrogens with one attached hydrogen (secondary N) is 1. The first-order valence-corrected chi connectivity index (χ1v) is 7.75. The van der Waals surface area contributed by atoms with Gasteiger partial charge in [-0.15, -0.1) is 0 Å². The van der Waals surface area contributed by atoms with Crippen molar-refractivity contribution >= 4 is 32.7 Å². The molecule has 2 nitrogen and oxygen atoms in total. The summed E-state index contributed by atoms with van der Waals surface area (Å²) in [6, 6.07) is 15.7. The van der Waals surface area contributed by atoms with E-state index >= 15 is 0 Å². The maximum atomic E-state index is 3.59. The Labute approximate surface area is 128 Å². The highest BCUT2D eigenvalue weighted by Gasteiger charge is 2.14. The molecule has 1 atom stereocenters. The summed E-state index contributed by atoms with van der Waals surface area (Å²) < 4.78 is 2.38. The third-order valence-corrected chi connectivity index (χ3v) is 4.69. The van der Waals surface area contributed by atoms with E-state index in [1.54, 1.807) is 0 Å². The SMILES string of the molecule is C1=CCC(n2ccc3c4[nH]c5ccccc5c4ccc32)C=C1. The molecule has 0 saturated heterocycles. The van der Waals surface area contributed by atoms with Crippen LogP contribution in [0, 0.1) is 0 Å². The van der Waals surface area contributed by atoms with Crippen LogP contribution in [0.3, 0.4) is 0 Å². The van der Waals surface area contributed by atoms with Crippen LogP contribution in [0.5, 0.6) is 0 Å². The molecule has 22 heavy (non-hydrogen) atoms. The first-order chi connectivity index (χ1) is 10.9. The van der Waals surface area contributed by atoms with Crippen LogP contribution in [-0.4, -0.2) is 9.55 Å². The Kier molecular flexibility index (Phi) is 2.36. The predicted octanol–water partition coefficient (Wildman–Crippen LogP) is 5.33. The average Bonchev–Trinajstić information content (AvgIpc) is 3.16. The molecule has 2 aromatic heterocycles. The molecule has 2 aromatic carbocycles. The molecule has 0 amide bonds. The summed E-state index contributed by atoms with van der Waals surface area (Å²) in [6.07, 6.45) is 12.0. The molecule has 0 saturated carbocycles. The van der Waals surface area contributed by atoms with Gasteiger partial charge in [0.15, 0.2) is 0 Å². The van der Waals surface area contributed by atoms with Gasteiger partial charge < -0.3 is 9.55 Å². The Bertz CT molecular complexity index is 1060. The van der Waals surface area contributed by atoms with E-state index in [1.165, 1.54) is 32.7 Å². The van der Waals surface area contributed by atoms with Crippen molar-refractivity contribution in [2.45, 2.75) is 12.5 Å². The van der Waals surface area contributed by atoms with E-state index in [0.29, 0.717) is 6.04 Å². The van der Waals surface area contributed by atoms with Gasteiger partial charge in [-0.1, -0.05) is 48.6 Å². The highest BCUT2D eigenvalue weighted by atomic mass is 15.0. The van der Waals surface area contributed by atoms with E-state index in [-0.39, 0.29) is 0 Å². The maximum absolute atomic E-state index is 3.59. The minimum atomic E-state index is 0.421.